The van der Waals surface area contributed by atoms with E-state index in [9.17, 15) is 40.3 Å². The van der Waals surface area contributed by atoms with E-state index in [-0.39, 0.29) is 47.2 Å². The van der Waals surface area contributed by atoms with Crippen molar-refractivity contribution in [3.8, 4) is 23.0 Å². The zero-order chi connectivity index (χ0) is 41.4. The standard InChI is InChI=1S/C40H36F7N5O4S/c1-20(2)33(54)11-9-25-8-10-27(28-6-5-7-29-32(19-57(4,55)56)49-51(3)36(28)29)35(48-25)22(12-21-13-23(41)16-24(42)14-21)15-26(53)18-52-38-34(37(50-52)40(45,46)47)30-17-31(30)39(38,43)44/h5-8,10,13-14,16,20,22,30-31,33,54H,12,15,17-19H2,1-4H3/t22-,30+,31-,33?/m1/s1. The van der Waals surface area contributed by atoms with Crippen LogP contribution in [-0.2, 0) is 52.5 Å². The van der Waals surface area contributed by atoms with Gasteiger partial charge in [0.05, 0.1) is 22.7 Å². The lowest BCUT2D eigenvalue weighted by Crippen LogP contribution is -2.24. The second-order valence-electron chi connectivity index (χ2n) is 15.2. The maximum Gasteiger partial charge on any atom is 0.435 e. The van der Waals surface area contributed by atoms with E-state index in [4.69, 9.17) is 4.98 Å². The minimum Gasteiger partial charge on any atom is -0.380 e. The molecule has 0 radical (unpaired) electrons. The Hall–Kier alpha value is -5.08. The largest absolute Gasteiger partial charge is 0.435 e. The van der Waals surface area contributed by atoms with Crippen molar-refractivity contribution in [3.05, 3.63) is 99.8 Å². The molecule has 2 aliphatic rings. The SMILES string of the molecule is CC(C)C(O)C#Cc1ccc(-c2cccc3c(CS(C)(=O)=O)nn(C)c23)c([C@@H](CC(=O)Cn2nc(C(F)(F)F)c3c2C(F)(F)[C@@H]2C[C@H]32)Cc2cc(F)cc(F)c2)n1. The molecule has 17 heteroatoms. The average molecular weight is 816 g/mol. The molecule has 0 saturated heterocycles. The van der Waals surface area contributed by atoms with Crippen molar-refractivity contribution < 1.29 is 49.1 Å². The van der Waals surface area contributed by atoms with Crippen molar-refractivity contribution in [3.63, 3.8) is 0 Å². The number of para-hydroxylation sites is 1. The fourth-order valence-electron chi connectivity index (χ4n) is 7.76. The van der Waals surface area contributed by atoms with Crippen LogP contribution in [0.15, 0.2) is 48.5 Å². The van der Waals surface area contributed by atoms with Gasteiger partial charge >= 0.3 is 6.18 Å². The molecule has 5 aromatic rings. The van der Waals surface area contributed by atoms with Gasteiger partial charge in [-0.2, -0.15) is 32.1 Å². The third-order valence-corrected chi connectivity index (χ3v) is 11.1. The van der Waals surface area contributed by atoms with E-state index >= 15 is 8.78 Å². The Morgan fingerprint density at radius 2 is 1.75 bits per heavy atom. The number of benzene rings is 2. The molecule has 0 spiro atoms. The van der Waals surface area contributed by atoms with Crippen molar-refractivity contribution in [2.45, 2.75) is 75.4 Å². The summed E-state index contributed by atoms with van der Waals surface area (Å²) in [7, 11) is -1.92. The maximum atomic E-state index is 15.4. The van der Waals surface area contributed by atoms with E-state index in [1.807, 2.05) is 0 Å². The highest BCUT2D eigenvalue weighted by atomic mass is 32.2. The number of hydrogen-bond donors (Lipinski definition) is 1. The molecule has 7 rings (SSSR count). The second-order valence-corrected chi connectivity index (χ2v) is 17.3. The molecule has 9 nitrogen and oxygen atoms in total. The van der Waals surface area contributed by atoms with Crippen LogP contribution in [0.3, 0.4) is 0 Å². The minimum absolute atomic E-state index is 0.0879. The number of Topliss-reactive ketones (excluding diaryl/α,β-unsaturated/α-hetero) is 1. The van der Waals surface area contributed by atoms with Gasteiger partial charge in [-0.05, 0) is 60.4 Å². The first-order chi connectivity index (χ1) is 26.6. The Morgan fingerprint density at radius 3 is 2.40 bits per heavy atom. The molecule has 1 N–H and O–H groups in total. The monoisotopic (exact) mass is 815 g/mol. The predicted molar refractivity (Wildman–Crippen MR) is 195 cm³/mol. The number of nitrogens with zero attached hydrogens (tertiary/aromatic N) is 5. The number of ketones is 1. The summed E-state index contributed by atoms with van der Waals surface area (Å²) in [5.74, 6) is -4.83. The van der Waals surface area contributed by atoms with Crippen molar-refractivity contribution in [1.29, 1.82) is 0 Å². The summed E-state index contributed by atoms with van der Waals surface area (Å²) in [4.78, 5) is 18.8. The van der Waals surface area contributed by atoms with Crippen LogP contribution in [0.4, 0.5) is 30.7 Å². The van der Waals surface area contributed by atoms with Crippen LogP contribution in [0.25, 0.3) is 22.0 Å². The number of aryl methyl sites for hydroxylation is 1. The highest BCUT2D eigenvalue weighted by Gasteiger charge is 2.68. The number of aliphatic hydroxyl groups excluding tert-OH is 1. The molecule has 1 fully saturated rings. The van der Waals surface area contributed by atoms with Gasteiger partial charge in [0.2, 0.25) is 0 Å². The molecule has 1 unspecified atom stereocenters. The number of alkyl halides is 5. The number of carbonyl (C=O) groups is 1. The van der Waals surface area contributed by atoms with Crippen molar-refractivity contribution >= 4 is 26.5 Å². The van der Waals surface area contributed by atoms with Gasteiger partial charge in [-0.3, -0.25) is 14.2 Å². The quantitative estimate of drug-likeness (QED) is 0.110. The molecule has 3 heterocycles. The molecule has 57 heavy (non-hydrogen) atoms. The normalized spacial score (nSPS) is 18.3. The third-order valence-electron chi connectivity index (χ3n) is 10.3. The summed E-state index contributed by atoms with van der Waals surface area (Å²) in [5.41, 5.74) is -1.07. The number of hydrogen-bond acceptors (Lipinski definition) is 7. The van der Waals surface area contributed by atoms with Gasteiger partial charge in [0.15, 0.2) is 21.3 Å². The van der Waals surface area contributed by atoms with Gasteiger partial charge in [0, 0.05) is 59.7 Å². The lowest BCUT2D eigenvalue weighted by molar-refractivity contribution is -0.142. The molecule has 0 amide bonds. The number of aliphatic hydroxyl groups is 1. The van der Waals surface area contributed by atoms with Crippen LogP contribution in [0.1, 0.15) is 78.1 Å². The first-order valence-electron chi connectivity index (χ1n) is 18.0. The van der Waals surface area contributed by atoms with Crippen molar-refractivity contribution in [2.24, 2.45) is 18.9 Å². The molecule has 3 aromatic heterocycles. The third kappa shape index (κ3) is 7.94. The second kappa shape index (κ2) is 14.4. The van der Waals surface area contributed by atoms with Gasteiger partial charge in [0.25, 0.3) is 5.92 Å². The number of rotatable bonds is 11. The summed E-state index contributed by atoms with van der Waals surface area (Å²) in [5, 5.41) is 18.8. The highest BCUT2D eigenvalue weighted by molar-refractivity contribution is 7.89. The van der Waals surface area contributed by atoms with Gasteiger partial charge in [0.1, 0.15) is 35.7 Å². The van der Waals surface area contributed by atoms with E-state index in [1.54, 1.807) is 51.2 Å². The Balaban J connectivity index is 1.37. The first kappa shape index (κ1) is 40.1. The van der Waals surface area contributed by atoms with Crippen LogP contribution < -0.4 is 0 Å². The van der Waals surface area contributed by atoms with Gasteiger partial charge in [-0.25, -0.2) is 22.2 Å². The number of fused-ring (bicyclic) bond motifs is 4. The molecule has 300 valence electrons. The summed E-state index contributed by atoms with van der Waals surface area (Å²) in [6, 6.07) is 11.0. The number of pyridine rings is 1. The molecule has 4 atom stereocenters. The van der Waals surface area contributed by atoms with E-state index in [0.29, 0.717) is 32.8 Å². The molecular weight excluding hydrogens is 780 g/mol. The molecule has 0 aliphatic heterocycles. The van der Waals surface area contributed by atoms with Crippen LogP contribution in [0.2, 0.25) is 0 Å². The van der Waals surface area contributed by atoms with E-state index < -0.39 is 93.1 Å². The Morgan fingerprint density at radius 1 is 1.05 bits per heavy atom. The first-order valence-corrected chi connectivity index (χ1v) is 20.0. The molecular formula is C40H36F7N5O4S. The number of carbonyl (C=O) groups excluding carboxylic acids is 1. The fraction of sp³-hybridized carbons (Fsp3) is 0.400. The predicted octanol–water partition coefficient (Wildman–Crippen LogP) is 7.24. The Kier molecular flexibility index (Phi) is 10.1. The zero-order valence-corrected chi connectivity index (χ0v) is 31.8. The zero-order valence-electron chi connectivity index (χ0n) is 31.0. The topological polar surface area (TPSA) is 120 Å². The molecule has 0 bridgehead atoms. The number of aromatic nitrogens is 5. The Bertz CT molecular complexity index is 2590. The fourth-order valence-corrected chi connectivity index (χ4v) is 8.47. The van der Waals surface area contributed by atoms with Gasteiger partial charge in [-0.15, -0.1) is 0 Å². The molecule has 2 aromatic carbocycles. The summed E-state index contributed by atoms with van der Waals surface area (Å²) in [6.45, 7) is 2.54. The van der Waals surface area contributed by atoms with Crippen LogP contribution >= 0.6 is 0 Å². The summed E-state index contributed by atoms with van der Waals surface area (Å²) in [6.07, 6.45) is -5.96. The summed E-state index contributed by atoms with van der Waals surface area (Å²) < 4.78 is 129. The van der Waals surface area contributed by atoms with Crippen LogP contribution in [0, 0.1) is 35.3 Å². The Labute approximate surface area is 322 Å². The lowest BCUT2D eigenvalue weighted by atomic mass is 9.86. The molecule has 1 saturated carbocycles. The number of halogens is 7. The number of sulfone groups is 1. The smallest absolute Gasteiger partial charge is 0.380 e. The summed E-state index contributed by atoms with van der Waals surface area (Å²) >= 11 is 0. The average Bonchev–Trinajstić information content (AvgIpc) is 3.65. The van der Waals surface area contributed by atoms with E-state index in [1.165, 1.54) is 4.68 Å². The van der Waals surface area contributed by atoms with Crippen LogP contribution in [0.5, 0.6) is 0 Å². The maximum absolute atomic E-state index is 15.4. The van der Waals surface area contributed by atoms with Gasteiger partial charge < -0.3 is 5.11 Å². The van der Waals surface area contributed by atoms with Crippen molar-refractivity contribution in [2.75, 3.05) is 6.26 Å². The lowest BCUT2D eigenvalue weighted by Gasteiger charge is -2.21. The van der Waals surface area contributed by atoms with Crippen molar-refractivity contribution in [1.82, 2.24) is 24.5 Å². The minimum atomic E-state index is -5.05. The highest BCUT2D eigenvalue weighted by Crippen LogP contribution is 2.68. The van der Waals surface area contributed by atoms with Crippen LogP contribution in [-0.4, -0.2) is 56.2 Å². The van der Waals surface area contributed by atoms with E-state index in [0.717, 1.165) is 18.4 Å². The molecule has 2 aliphatic carbocycles. The van der Waals surface area contributed by atoms with Gasteiger partial charge in [-0.1, -0.05) is 38.0 Å². The van der Waals surface area contributed by atoms with E-state index in [2.05, 4.69) is 22.0 Å².